The SMILES string of the molecule is CCc1nsc(N2CCN(C(=NC)NCCC3CC3)CC2)n1.I. The van der Waals surface area contributed by atoms with Gasteiger partial charge >= 0.3 is 0 Å². The van der Waals surface area contributed by atoms with E-state index < -0.39 is 0 Å². The Morgan fingerprint density at radius 2 is 2.04 bits per heavy atom. The van der Waals surface area contributed by atoms with Gasteiger partial charge < -0.3 is 15.1 Å². The van der Waals surface area contributed by atoms with E-state index >= 15 is 0 Å². The summed E-state index contributed by atoms with van der Waals surface area (Å²) < 4.78 is 4.38. The maximum atomic E-state index is 4.59. The van der Waals surface area contributed by atoms with Gasteiger partial charge in [-0.15, -0.1) is 24.0 Å². The van der Waals surface area contributed by atoms with Crippen LogP contribution in [0.25, 0.3) is 0 Å². The van der Waals surface area contributed by atoms with Crippen molar-refractivity contribution in [3.8, 4) is 0 Å². The molecule has 130 valence electrons. The van der Waals surface area contributed by atoms with Crippen LogP contribution in [0.15, 0.2) is 4.99 Å². The number of anilines is 1. The molecule has 8 heteroatoms. The van der Waals surface area contributed by atoms with E-state index in [0.29, 0.717) is 0 Å². The Bertz CT molecular complexity index is 508. The molecule has 2 aliphatic rings. The Hall–Kier alpha value is -0.640. The number of piperazine rings is 1. The van der Waals surface area contributed by atoms with Crippen LogP contribution in [0.5, 0.6) is 0 Å². The van der Waals surface area contributed by atoms with E-state index in [1.54, 1.807) is 0 Å². The molecule has 0 bridgehead atoms. The lowest BCUT2D eigenvalue weighted by atomic mass is 10.3. The Kier molecular flexibility index (Phi) is 7.32. The van der Waals surface area contributed by atoms with Gasteiger partial charge in [-0.25, -0.2) is 4.98 Å². The Labute approximate surface area is 159 Å². The largest absolute Gasteiger partial charge is 0.356 e. The summed E-state index contributed by atoms with van der Waals surface area (Å²) in [6.45, 7) is 7.10. The zero-order chi connectivity index (χ0) is 15.4. The highest BCUT2D eigenvalue weighted by molar-refractivity contribution is 14.0. The van der Waals surface area contributed by atoms with Crippen molar-refractivity contribution in [3.05, 3.63) is 5.82 Å². The van der Waals surface area contributed by atoms with E-state index in [-0.39, 0.29) is 24.0 Å². The first-order valence-electron chi connectivity index (χ1n) is 8.33. The first-order chi connectivity index (χ1) is 10.8. The van der Waals surface area contributed by atoms with Gasteiger partial charge in [0, 0.05) is 57.7 Å². The van der Waals surface area contributed by atoms with Crippen molar-refractivity contribution in [2.45, 2.75) is 32.6 Å². The Balaban J connectivity index is 0.00000192. The smallest absolute Gasteiger partial charge is 0.205 e. The van der Waals surface area contributed by atoms with Crippen molar-refractivity contribution in [1.29, 1.82) is 0 Å². The van der Waals surface area contributed by atoms with E-state index in [9.17, 15) is 0 Å². The van der Waals surface area contributed by atoms with Gasteiger partial charge in [0.2, 0.25) is 5.13 Å². The van der Waals surface area contributed by atoms with Crippen LogP contribution in [0.2, 0.25) is 0 Å². The molecule has 3 rings (SSSR count). The number of hydrogen-bond acceptors (Lipinski definition) is 5. The molecule has 6 nitrogen and oxygen atoms in total. The van der Waals surface area contributed by atoms with Gasteiger partial charge in [0.25, 0.3) is 0 Å². The monoisotopic (exact) mass is 450 g/mol. The number of guanidine groups is 1. The molecular weight excluding hydrogens is 423 g/mol. The molecule has 1 saturated carbocycles. The normalized spacial score (nSPS) is 18.8. The summed E-state index contributed by atoms with van der Waals surface area (Å²) in [7, 11) is 1.88. The maximum absolute atomic E-state index is 4.59. The molecule has 1 aliphatic heterocycles. The van der Waals surface area contributed by atoms with Crippen LogP contribution in [0, 0.1) is 5.92 Å². The minimum Gasteiger partial charge on any atom is -0.356 e. The fourth-order valence-electron chi connectivity index (χ4n) is 2.75. The minimum atomic E-state index is 0. The van der Waals surface area contributed by atoms with Crippen LogP contribution in [0.4, 0.5) is 5.13 Å². The summed E-state index contributed by atoms with van der Waals surface area (Å²) in [6.07, 6.45) is 5.03. The lowest BCUT2D eigenvalue weighted by Gasteiger charge is -2.36. The molecule has 2 fully saturated rings. The molecule has 1 aromatic heterocycles. The number of halogens is 1. The average Bonchev–Trinajstić information content (AvgIpc) is 3.26. The van der Waals surface area contributed by atoms with Crippen molar-refractivity contribution in [2.24, 2.45) is 10.9 Å². The lowest BCUT2D eigenvalue weighted by Crippen LogP contribution is -2.52. The van der Waals surface area contributed by atoms with Crippen LogP contribution >= 0.6 is 35.5 Å². The zero-order valence-electron chi connectivity index (χ0n) is 14.0. The van der Waals surface area contributed by atoms with E-state index in [1.807, 2.05) is 7.05 Å². The highest BCUT2D eigenvalue weighted by Gasteiger charge is 2.23. The van der Waals surface area contributed by atoms with Gasteiger partial charge in [-0.05, 0) is 12.3 Å². The van der Waals surface area contributed by atoms with Crippen molar-refractivity contribution in [3.63, 3.8) is 0 Å². The number of aromatic nitrogens is 2. The second-order valence-electron chi connectivity index (χ2n) is 6.03. The van der Waals surface area contributed by atoms with Gasteiger partial charge in [-0.1, -0.05) is 19.8 Å². The fourth-order valence-corrected chi connectivity index (χ4v) is 3.55. The highest BCUT2D eigenvalue weighted by Crippen LogP contribution is 2.31. The molecule has 0 amide bonds. The summed E-state index contributed by atoms with van der Waals surface area (Å²) >= 11 is 1.52. The van der Waals surface area contributed by atoms with E-state index in [0.717, 1.165) is 62.0 Å². The van der Waals surface area contributed by atoms with Crippen LogP contribution < -0.4 is 10.2 Å². The standard InChI is InChI=1S/C15H26N6S.HI/c1-3-13-18-15(22-19-13)21-10-8-20(9-11-21)14(16-2)17-7-6-12-4-5-12;/h12H,3-11H2,1-2H3,(H,16,17);1H. The highest BCUT2D eigenvalue weighted by atomic mass is 127. The Morgan fingerprint density at radius 3 is 2.61 bits per heavy atom. The van der Waals surface area contributed by atoms with Crippen molar-refractivity contribution >= 4 is 46.6 Å². The molecule has 0 radical (unpaired) electrons. The number of rotatable bonds is 5. The van der Waals surface area contributed by atoms with Crippen molar-refractivity contribution < 1.29 is 0 Å². The number of nitrogens with zero attached hydrogens (tertiary/aromatic N) is 5. The lowest BCUT2D eigenvalue weighted by molar-refractivity contribution is 0.372. The number of nitrogens with one attached hydrogen (secondary N) is 1. The average molecular weight is 450 g/mol. The third-order valence-corrected chi connectivity index (χ3v) is 5.18. The molecule has 0 unspecified atom stereocenters. The van der Waals surface area contributed by atoms with E-state index in [4.69, 9.17) is 0 Å². The molecule has 23 heavy (non-hydrogen) atoms. The van der Waals surface area contributed by atoms with Gasteiger partial charge in [-0.2, -0.15) is 4.37 Å². The number of aryl methyl sites for hydroxylation is 1. The minimum absolute atomic E-state index is 0. The predicted molar refractivity (Wildman–Crippen MR) is 107 cm³/mol. The van der Waals surface area contributed by atoms with Crippen LogP contribution in [-0.2, 0) is 6.42 Å². The molecule has 1 aromatic rings. The molecule has 1 saturated heterocycles. The first kappa shape index (κ1) is 18.7. The predicted octanol–water partition coefficient (Wildman–Crippen LogP) is 2.22. The summed E-state index contributed by atoms with van der Waals surface area (Å²) in [5.41, 5.74) is 0. The molecule has 1 N–H and O–H groups in total. The van der Waals surface area contributed by atoms with E-state index in [2.05, 4.69) is 36.4 Å². The summed E-state index contributed by atoms with van der Waals surface area (Å²) in [4.78, 5) is 13.7. The summed E-state index contributed by atoms with van der Waals surface area (Å²) in [5, 5.41) is 4.57. The maximum Gasteiger partial charge on any atom is 0.205 e. The van der Waals surface area contributed by atoms with Gasteiger partial charge in [-0.3, -0.25) is 4.99 Å². The van der Waals surface area contributed by atoms with Crippen molar-refractivity contribution in [2.75, 3.05) is 44.7 Å². The van der Waals surface area contributed by atoms with Crippen LogP contribution in [0.1, 0.15) is 32.0 Å². The Morgan fingerprint density at radius 1 is 1.30 bits per heavy atom. The van der Waals surface area contributed by atoms with Crippen molar-refractivity contribution in [1.82, 2.24) is 19.6 Å². The first-order valence-corrected chi connectivity index (χ1v) is 9.10. The molecular formula is C15H27IN6S. The van der Waals surface area contributed by atoms with Crippen LogP contribution in [0.3, 0.4) is 0 Å². The van der Waals surface area contributed by atoms with Gasteiger partial charge in [0.15, 0.2) is 5.96 Å². The molecule has 0 aromatic carbocycles. The van der Waals surface area contributed by atoms with E-state index in [1.165, 1.54) is 30.8 Å². The molecule has 0 atom stereocenters. The number of aliphatic imine (C=N–C) groups is 1. The topological polar surface area (TPSA) is 56.7 Å². The molecule has 2 heterocycles. The summed E-state index contributed by atoms with van der Waals surface area (Å²) in [6, 6.07) is 0. The third-order valence-electron chi connectivity index (χ3n) is 4.37. The summed E-state index contributed by atoms with van der Waals surface area (Å²) in [5.74, 6) is 2.97. The quantitative estimate of drug-likeness (QED) is 0.424. The third kappa shape index (κ3) is 5.17. The molecule has 0 spiro atoms. The van der Waals surface area contributed by atoms with Crippen LogP contribution in [-0.4, -0.2) is 60.0 Å². The molecule has 1 aliphatic carbocycles. The second-order valence-corrected chi connectivity index (χ2v) is 6.76. The zero-order valence-corrected chi connectivity index (χ0v) is 17.1. The van der Waals surface area contributed by atoms with Gasteiger partial charge in [0.05, 0.1) is 0 Å². The number of hydrogen-bond donors (Lipinski definition) is 1. The second kappa shape index (κ2) is 9.00. The van der Waals surface area contributed by atoms with Gasteiger partial charge in [0.1, 0.15) is 5.82 Å². The fraction of sp³-hybridized carbons (Fsp3) is 0.800.